The fraction of sp³-hybridized carbons (Fsp3) is 0.136. The fourth-order valence-corrected chi connectivity index (χ4v) is 4.33. The summed E-state index contributed by atoms with van der Waals surface area (Å²) in [6, 6.07) is 28.1. The van der Waals surface area contributed by atoms with Gasteiger partial charge in [0.25, 0.3) is 0 Å². The van der Waals surface area contributed by atoms with Crippen molar-refractivity contribution in [1.82, 2.24) is 9.55 Å². The predicted molar refractivity (Wildman–Crippen MR) is 109 cm³/mol. The van der Waals surface area contributed by atoms with Gasteiger partial charge in [-0.25, -0.2) is 4.98 Å². The number of hydrogen-bond donors (Lipinski definition) is 1. The summed E-state index contributed by atoms with van der Waals surface area (Å²) in [6.45, 7) is 0. The van der Waals surface area contributed by atoms with Crippen molar-refractivity contribution in [3.05, 3.63) is 94.5 Å². The van der Waals surface area contributed by atoms with Crippen LogP contribution in [-0.2, 0) is 0 Å². The van der Waals surface area contributed by atoms with Gasteiger partial charge in [-0.2, -0.15) is 0 Å². The lowest BCUT2D eigenvalue weighted by Crippen LogP contribution is -2.27. The van der Waals surface area contributed by atoms with Gasteiger partial charge in [-0.1, -0.05) is 70.5 Å². The van der Waals surface area contributed by atoms with Gasteiger partial charge in [0.05, 0.1) is 23.1 Å². The summed E-state index contributed by atoms with van der Waals surface area (Å²) in [5.74, 6) is 0.941. The number of fused-ring (bicyclic) bond motifs is 3. The summed E-state index contributed by atoms with van der Waals surface area (Å²) in [5, 5.41) is 3.66. The molecule has 0 saturated heterocycles. The topological polar surface area (TPSA) is 29.9 Å². The number of halogens is 1. The van der Waals surface area contributed by atoms with Crippen molar-refractivity contribution in [2.75, 3.05) is 5.32 Å². The van der Waals surface area contributed by atoms with E-state index in [4.69, 9.17) is 4.98 Å². The van der Waals surface area contributed by atoms with Crippen molar-refractivity contribution >= 4 is 32.9 Å². The third-order valence-corrected chi connectivity index (χ3v) is 5.60. The SMILES string of the molecule is Brc1cccc([C@@H]2C[C@@H](c3ccccc3)Nc3nc4ccccc4n32)c1. The molecule has 3 nitrogen and oxygen atoms in total. The van der Waals surface area contributed by atoms with Gasteiger partial charge >= 0.3 is 0 Å². The molecule has 128 valence electrons. The molecule has 0 saturated carbocycles. The monoisotopic (exact) mass is 403 g/mol. The number of rotatable bonds is 2. The van der Waals surface area contributed by atoms with E-state index in [0.29, 0.717) is 0 Å². The number of anilines is 1. The minimum Gasteiger partial charge on any atom is -0.349 e. The van der Waals surface area contributed by atoms with E-state index in [1.165, 1.54) is 16.6 Å². The number of nitrogens with one attached hydrogen (secondary N) is 1. The first kappa shape index (κ1) is 15.6. The van der Waals surface area contributed by atoms with Crippen LogP contribution >= 0.6 is 15.9 Å². The maximum atomic E-state index is 4.87. The molecule has 1 N–H and O–H groups in total. The van der Waals surface area contributed by atoms with Gasteiger partial charge < -0.3 is 9.88 Å². The largest absolute Gasteiger partial charge is 0.349 e. The molecule has 1 aliphatic heterocycles. The molecule has 5 rings (SSSR count). The highest BCUT2D eigenvalue weighted by Gasteiger charge is 2.30. The lowest BCUT2D eigenvalue weighted by molar-refractivity contribution is 0.477. The second kappa shape index (κ2) is 6.29. The highest BCUT2D eigenvalue weighted by atomic mass is 79.9. The Morgan fingerprint density at radius 3 is 2.50 bits per heavy atom. The third-order valence-electron chi connectivity index (χ3n) is 5.11. The number of para-hydroxylation sites is 2. The molecular formula is C22H18BrN3. The second-order valence-electron chi connectivity index (χ2n) is 6.71. The highest BCUT2D eigenvalue weighted by Crippen LogP contribution is 2.41. The van der Waals surface area contributed by atoms with Gasteiger partial charge in [0.2, 0.25) is 5.95 Å². The maximum Gasteiger partial charge on any atom is 0.204 e. The van der Waals surface area contributed by atoms with Crippen LogP contribution in [0.5, 0.6) is 0 Å². The van der Waals surface area contributed by atoms with Crippen LogP contribution in [0.15, 0.2) is 83.3 Å². The van der Waals surface area contributed by atoms with Crippen molar-refractivity contribution in [2.45, 2.75) is 18.5 Å². The summed E-state index contributed by atoms with van der Waals surface area (Å²) in [4.78, 5) is 4.87. The number of nitrogens with zero attached hydrogens (tertiary/aromatic N) is 2. The summed E-state index contributed by atoms with van der Waals surface area (Å²) in [7, 11) is 0. The molecule has 2 heterocycles. The van der Waals surface area contributed by atoms with Gasteiger partial charge in [-0.3, -0.25) is 0 Å². The van der Waals surface area contributed by atoms with Crippen molar-refractivity contribution in [2.24, 2.45) is 0 Å². The predicted octanol–water partition coefficient (Wildman–Crippen LogP) is 5.95. The zero-order valence-corrected chi connectivity index (χ0v) is 15.7. The molecule has 26 heavy (non-hydrogen) atoms. The van der Waals surface area contributed by atoms with Crippen LogP contribution in [0.1, 0.15) is 29.6 Å². The van der Waals surface area contributed by atoms with Crippen LogP contribution in [0.3, 0.4) is 0 Å². The Kier molecular flexibility index (Phi) is 3.79. The van der Waals surface area contributed by atoms with Crippen LogP contribution in [0.25, 0.3) is 11.0 Å². The van der Waals surface area contributed by atoms with Gasteiger partial charge in [-0.05, 0) is 41.8 Å². The Balaban J connectivity index is 1.69. The summed E-state index contributed by atoms with van der Waals surface area (Å²) >= 11 is 3.63. The molecule has 0 aliphatic carbocycles. The molecule has 4 heteroatoms. The van der Waals surface area contributed by atoms with E-state index in [1.54, 1.807) is 0 Å². The third kappa shape index (κ3) is 2.61. The van der Waals surface area contributed by atoms with Crippen molar-refractivity contribution in [3.63, 3.8) is 0 Å². The molecule has 0 bridgehead atoms. The first-order chi connectivity index (χ1) is 12.8. The van der Waals surface area contributed by atoms with E-state index >= 15 is 0 Å². The normalized spacial score (nSPS) is 19.1. The Labute approximate surface area is 160 Å². The molecule has 0 spiro atoms. The minimum absolute atomic E-state index is 0.237. The molecule has 0 radical (unpaired) electrons. The zero-order chi connectivity index (χ0) is 17.5. The Hall–Kier alpha value is -2.59. The van der Waals surface area contributed by atoms with Crippen molar-refractivity contribution in [3.8, 4) is 0 Å². The lowest BCUT2D eigenvalue weighted by atomic mass is 9.93. The van der Waals surface area contributed by atoms with E-state index in [1.807, 2.05) is 6.07 Å². The van der Waals surface area contributed by atoms with Gasteiger partial charge in [0.15, 0.2) is 0 Å². The molecule has 1 aliphatic rings. The summed E-state index contributed by atoms with van der Waals surface area (Å²) < 4.78 is 3.45. The first-order valence-corrected chi connectivity index (χ1v) is 9.63. The molecule has 2 atom stereocenters. The standard InChI is InChI=1S/C22H18BrN3/c23-17-10-6-9-16(13-17)21-14-19(15-7-2-1-3-8-15)25-22-24-18-11-4-5-12-20(18)26(21)22/h1-13,19,21H,14H2,(H,24,25)/t19-,21-/m0/s1. The smallest absolute Gasteiger partial charge is 0.204 e. The quantitative estimate of drug-likeness (QED) is 0.448. The van der Waals surface area contributed by atoms with Crippen LogP contribution in [0.2, 0.25) is 0 Å². The number of imidazole rings is 1. The van der Waals surface area contributed by atoms with Crippen LogP contribution in [-0.4, -0.2) is 9.55 Å². The molecule has 0 fully saturated rings. The minimum atomic E-state index is 0.237. The number of aromatic nitrogens is 2. The van der Waals surface area contributed by atoms with Gasteiger partial charge in [0.1, 0.15) is 0 Å². The molecular weight excluding hydrogens is 386 g/mol. The molecule has 0 amide bonds. The van der Waals surface area contributed by atoms with Crippen LogP contribution in [0, 0.1) is 0 Å². The molecule has 1 aromatic heterocycles. The highest BCUT2D eigenvalue weighted by molar-refractivity contribution is 9.10. The van der Waals surface area contributed by atoms with E-state index in [2.05, 4.69) is 98.6 Å². The Morgan fingerprint density at radius 2 is 1.65 bits per heavy atom. The fourth-order valence-electron chi connectivity index (χ4n) is 3.91. The van der Waals surface area contributed by atoms with Gasteiger partial charge in [-0.15, -0.1) is 0 Å². The van der Waals surface area contributed by atoms with E-state index < -0.39 is 0 Å². The van der Waals surface area contributed by atoms with E-state index in [-0.39, 0.29) is 12.1 Å². The average Bonchev–Trinajstić information content (AvgIpc) is 3.06. The first-order valence-electron chi connectivity index (χ1n) is 8.83. The van der Waals surface area contributed by atoms with Crippen LogP contribution in [0.4, 0.5) is 5.95 Å². The van der Waals surface area contributed by atoms with E-state index in [9.17, 15) is 0 Å². The van der Waals surface area contributed by atoms with Crippen molar-refractivity contribution in [1.29, 1.82) is 0 Å². The average molecular weight is 404 g/mol. The molecule has 3 aromatic carbocycles. The Morgan fingerprint density at radius 1 is 0.885 bits per heavy atom. The number of benzene rings is 3. The van der Waals surface area contributed by atoms with Gasteiger partial charge in [0, 0.05) is 4.47 Å². The molecule has 0 unspecified atom stereocenters. The lowest BCUT2D eigenvalue weighted by Gasteiger charge is -2.33. The number of hydrogen-bond acceptors (Lipinski definition) is 2. The summed E-state index contributed by atoms with van der Waals surface area (Å²) in [6.07, 6.45) is 0.980. The second-order valence-corrected chi connectivity index (χ2v) is 7.62. The molecule has 4 aromatic rings. The van der Waals surface area contributed by atoms with E-state index in [0.717, 1.165) is 22.4 Å². The maximum absolute atomic E-state index is 4.87. The van der Waals surface area contributed by atoms with Crippen molar-refractivity contribution < 1.29 is 0 Å². The van der Waals surface area contributed by atoms with Crippen LogP contribution < -0.4 is 5.32 Å². The zero-order valence-electron chi connectivity index (χ0n) is 14.1. The Bertz CT molecular complexity index is 1070. The summed E-state index contributed by atoms with van der Waals surface area (Å²) in [5.41, 5.74) is 4.80.